The first-order valence-corrected chi connectivity index (χ1v) is 4.46. The summed E-state index contributed by atoms with van der Waals surface area (Å²) < 4.78 is 1.33. The SMILES string of the molecule is O=C(O)c1cccnc1-n1ccc(Cl)n1. The van der Waals surface area contributed by atoms with E-state index in [9.17, 15) is 4.79 Å². The third-order valence-electron chi connectivity index (χ3n) is 1.79. The fraction of sp³-hybridized carbons (Fsp3) is 0. The molecule has 0 radical (unpaired) electrons. The van der Waals surface area contributed by atoms with Gasteiger partial charge in [-0.05, 0) is 18.2 Å². The lowest BCUT2D eigenvalue weighted by molar-refractivity contribution is 0.0696. The molecule has 0 fully saturated rings. The number of aromatic carboxylic acids is 1. The monoisotopic (exact) mass is 223 g/mol. The van der Waals surface area contributed by atoms with Crippen LogP contribution in [0.5, 0.6) is 0 Å². The van der Waals surface area contributed by atoms with Gasteiger partial charge in [0.15, 0.2) is 11.0 Å². The molecule has 2 heterocycles. The Kier molecular flexibility index (Phi) is 2.39. The van der Waals surface area contributed by atoms with Gasteiger partial charge in [0.05, 0.1) is 0 Å². The predicted octanol–water partition coefficient (Wildman–Crippen LogP) is 1.62. The van der Waals surface area contributed by atoms with Crippen molar-refractivity contribution in [3.63, 3.8) is 0 Å². The molecule has 0 unspecified atom stereocenters. The summed E-state index contributed by atoms with van der Waals surface area (Å²) in [7, 11) is 0. The molecular weight excluding hydrogens is 218 g/mol. The molecule has 0 aliphatic heterocycles. The molecule has 2 rings (SSSR count). The summed E-state index contributed by atoms with van der Waals surface area (Å²) in [6.45, 7) is 0. The highest BCUT2D eigenvalue weighted by atomic mass is 35.5. The van der Waals surface area contributed by atoms with Crippen LogP contribution in [0.4, 0.5) is 0 Å². The van der Waals surface area contributed by atoms with Crippen LogP contribution in [0, 0.1) is 0 Å². The number of nitrogens with zero attached hydrogens (tertiary/aromatic N) is 3. The van der Waals surface area contributed by atoms with Crippen molar-refractivity contribution in [2.45, 2.75) is 0 Å². The van der Waals surface area contributed by atoms with Crippen molar-refractivity contribution in [1.29, 1.82) is 0 Å². The molecule has 0 aliphatic rings. The van der Waals surface area contributed by atoms with Crippen LogP contribution in [-0.4, -0.2) is 25.8 Å². The molecule has 0 aliphatic carbocycles. The first kappa shape index (κ1) is 9.67. The van der Waals surface area contributed by atoms with Crippen LogP contribution in [0.3, 0.4) is 0 Å². The molecule has 2 aromatic rings. The maximum absolute atomic E-state index is 10.9. The maximum atomic E-state index is 10.9. The summed E-state index contributed by atoms with van der Waals surface area (Å²) in [6, 6.07) is 4.57. The summed E-state index contributed by atoms with van der Waals surface area (Å²) in [5.74, 6) is -0.804. The number of pyridine rings is 1. The lowest BCUT2D eigenvalue weighted by Gasteiger charge is -2.03. The fourth-order valence-electron chi connectivity index (χ4n) is 1.17. The second kappa shape index (κ2) is 3.70. The van der Waals surface area contributed by atoms with E-state index in [1.165, 1.54) is 16.9 Å². The van der Waals surface area contributed by atoms with Crippen molar-refractivity contribution in [3.8, 4) is 5.82 Å². The minimum Gasteiger partial charge on any atom is -0.478 e. The molecule has 0 bridgehead atoms. The van der Waals surface area contributed by atoms with E-state index < -0.39 is 5.97 Å². The normalized spacial score (nSPS) is 10.2. The number of carbonyl (C=O) groups is 1. The number of carboxylic acids is 1. The maximum Gasteiger partial charge on any atom is 0.339 e. The Morgan fingerprint density at radius 3 is 2.87 bits per heavy atom. The van der Waals surface area contributed by atoms with E-state index >= 15 is 0 Å². The first-order chi connectivity index (χ1) is 7.18. The Morgan fingerprint density at radius 2 is 2.27 bits per heavy atom. The van der Waals surface area contributed by atoms with Gasteiger partial charge < -0.3 is 5.11 Å². The summed E-state index contributed by atoms with van der Waals surface area (Å²) in [5.41, 5.74) is 0.0808. The Balaban J connectivity index is 2.57. The number of carboxylic acid groups (broad SMARTS) is 1. The zero-order valence-corrected chi connectivity index (χ0v) is 8.22. The minimum absolute atomic E-state index is 0.0808. The van der Waals surface area contributed by atoms with Crippen LogP contribution in [0.25, 0.3) is 5.82 Å². The molecule has 1 N–H and O–H groups in total. The average molecular weight is 224 g/mol. The minimum atomic E-state index is -1.05. The van der Waals surface area contributed by atoms with E-state index in [0.717, 1.165) is 0 Å². The second-order valence-electron chi connectivity index (χ2n) is 2.76. The van der Waals surface area contributed by atoms with Crippen LogP contribution in [0.2, 0.25) is 5.15 Å². The summed E-state index contributed by atoms with van der Waals surface area (Å²) in [5, 5.41) is 13.1. The van der Waals surface area contributed by atoms with Gasteiger partial charge in [-0.25, -0.2) is 14.5 Å². The molecule has 0 aromatic carbocycles. The summed E-state index contributed by atoms with van der Waals surface area (Å²) in [6.07, 6.45) is 3.05. The highest BCUT2D eigenvalue weighted by Gasteiger charge is 2.12. The van der Waals surface area contributed by atoms with Gasteiger partial charge >= 0.3 is 5.97 Å². The third-order valence-corrected chi connectivity index (χ3v) is 1.99. The van der Waals surface area contributed by atoms with Gasteiger partial charge in [-0.15, -0.1) is 0 Å². The van der Waals surface area contributed by atoms with Gasteiger partial charge in [0.2, 0.25) is 0 Å². The van der Waals surface area contributed by atoms with Gasteiger partial charge in [-0.1, -0.05) is 11.6 Å². The molecule has 0 saturated carbocycles. The molecule has 0 atom stereocenters. The molecule has 15 heavy (non-hydrogen) atoms. The highest BCUT2D eigenvalue weighted by molar-refractivity contribution is 6.29. The topological polar surface area (TPSA) is 68.0 Å². The lowest BCUT2D eigenvalue weighted by atomic mass is 10.2. The number of aromatic nitrogens is 3. The molecule has 5 nitrogen and oxygen atoms in total. The van der Waals surface area contributed by atoms with E-state index in [-0.39, 0.29) is 16.5 Å². The Morgan fingerprint density at radius 1 is 1.47 bits per heavy atom. The molecule has 2 aromatic heterocycles. The number of hydrogen-bond acceptors (Lipinski definition) is 3. The second-order valence-corrected chi connectivity index (χ2v) is 3.15. The van der Waals surface area contributed by atoms with E-state index in [1.807, 2.05) is 0 Å². The van der Waals surface area contributed by atoms with E-state index in [1.54, 1.807) is 18.3 Å². The van der Waals surface area contributed by atoms with Crippen molar-refractivity contribution < 1.29 is 9.90 Å². The Labute approximate surface area is 89.9 Å². The van der Waals surface area contributed by atoms with Crippen molar-refractivity contribution >= 4 is 17.6 Å². The van der Waals surface area contributed by atoms with Gasteiger partial charge in [-0.2, -0.15) is 5.10 Å². The Hall–Kier alpha value is -1.88. The van der Waals surface area contributed by atoms with Crippen LogP contribution < -0.4 is 0 Å². The van der Waals surface area contributed by atoms with Crippen molar-refractivity contribution in [2.24, 2.45) is 0 Å². The van der Waals surface area contributed by atoms with Gasteiger partial charge in [0, 0.05) is 12.4 Å². The third kappa shape index (κ3) is 1.82. The lowest BCUT2D eigenvalue weighted by Crippen LogP contribution is -2.07. The quantitative estimate of drug-likeness (QED) is 0.840. The van der Waals surface area contributed by atoms with Crippen molar-refractivity contribution in [3.05, 3.63) is 41.3 Å². The van der Waals surface area contributed by atoms with Crippen LogP contribution >= 0.6 is 11.6 Å². The van der Waals surface area contributed by atoms with Gasteiger partial charge in [-0.3, -0.25) is 0 Å². The van der Waals surface area contributed by atoms with Crippen LogP contribution in [0.1, 0.15) is 10.4 Å². The molecule has 76 valence electrons. The molecule has 6 heteroatoms. The zero-order valence-electron chi connectivity index (χ0n) is 7.46. The molecular formula is C9H6ClN3O2. The highest BCUT2D eigenvalue weighted by Crippen LogP contribution is 2.12. The van der Waals surface area contributed by atoms with E-state index in [0.29, 0.717) is 0 Å². The standard InChI is InChI=1S/C9H6ClN3O2/c10-7-3-5-13(12-7)8-6(9(14)15)2-1-4-11-8/h1-5H,(H,14,15). The van der Waals surface area contributed by atoms with Crippen LogP contribution in [0.15, 0.2) is 30.6 Å². The summed E-state index contributed by atoms with van der Waals surface area (Å²) in [4.78, 5) is 14.8. The predicted molar refractivity (Wildman–Crippen MR) is 53.3 cm³/mol. The average Bonchev–Trinajstić information content (AvgIpc) is 2.65. The van der Waals surface area contributed by atoms with Crippen molar-refractivity contribution in [2.75, 3.05) is 0 Å². The Bertz CT molecular complexity index is 510. The number of halogens is 1. The fourth-order valence-corrected chi connectivity index (χ4v) is 1.30. The number of hydrogen-bond donors (Lipinski definition) is 1. The number of rotatable bonds is 2. The van der Waals surface area contributed by atoms with Gasteiger partial charge in [0.25, 0.3) is 0 Å². The summed E-state index contributed by atoms with van der Waals surface area (Å²) >= 11 is 5.64. The van der Waals surface area contributed by atoms with Crippen LogP contribution in [-0.2, 0) is 0 Å². The van der Waals surface area contributed by atoms with Crippen molar-refractivity contribution in [1.82, 2.24) is 14.8 Å². The van der Waals surface area contributed by atoms with Gasteiger partial charge in [0.1, 0.15) is 5.56 Å². The zero-order chi connectivity index (χ0) is 10.8. The molecule has 0 saturated heterocycles. The van der Waals surface area contributed by atoms with E-state index in [2.05, 4.69) is 10.1 Å². The first-order valence-electron chi connectivity index (χ1n) is 4.08. The largest absolute Gasteiger partial charge is 0.478 e. The van der Waals surface area contributed by atoms with E-state index in [4.69, 9.17) is 16.7 Å². The molecule has 0 amide bonds. The molecule has 0 spiro atoms. The smallest absolute Gasteiger partial charge is 0.339 e.